The highest BCUT2D eigenvalue weighted by atomic mass is 16.5. The summed E-state index contributed by atoms with van der Waals surface area (Å²) in [6, 6.07) is 2.89. The van der Waals surface area contributed by atoms with Crippen LogP contribution in [0.1, 0.15) is 49.5 Å². The summed E-state index contributed by atoms with van der Waals surface area (Å²) in [5, 5.41) is 54.8. The largest absolute Gasteiger partial charge is 0.507 e. The van der Waals surface area contributed by atoms with Gasteiger partial charge >= 0.3 is 5.97 Å². The molecule has 0 radical (unpaired) electrons. The lowest BCUT2D eigenvalue weighted by Gasteiger charge is -2.66. The van der Waals surface area contributed by atoms with Gasteiger partial charge in [0.05, 0.1) is 24.9 Å². The molecule has 2 saturated carbocycles. The number of fused-ring (bicyclic) bond motifs is 3. The number of benzene rings is 1. The van der Waals surface area contributed by atoms with Crippen LogP contribution in [0.5, 0.6) is 11.5 Å². The molecule has 6 atom stereocenters. The molecule has 0 amide bonds. The molecular weight excluding hydrogens is 416 g/mol. The van der Waals surface area contributed by atoms with Crippen molar-refractivity contribution in [1.82, 2.24) is 0 Å². The number of carbonyl (C=O) groups excluding carboxylic acids is 1. The van der Waals surface area contributed by atoms with Gasteiger partial charge < -0.3 is 35.0 Å². The van der Waals surface area contributed by atoms with Gasteiger partial charge in [0.25, 0.3) is 0 Å². The molecule has 0 saturated heterocycles. The third-order valence-electron chi connectivity index (χ3n) is 8.05. The fourth-order valence-corrected chi connectivity index (χ4v) is 6.51. The number of methoxy groups -OCH3 is 1. The molecule has 0 aromatic heterocycles. The molecule has 1 aromatic carbocycles. The van der Waals surface area contributed by atoms with Gasteiger partial charge in [0.2, 0.25) is 0 Å². The molecule has 1 aromatic rings. The molecule has 5 N–H and O–H groups in total. The smallest absolute Gasteiger partial charge is 0.342 e. The van der Waals surface area contributed by atoms with E-state index in [9.17, 15) is 30.3 Å². The second kappa shape index (κ2) is 6.93. The van der Waals surface area contributed by atoms with Crippen LogP contribution in [0.3, 0.4) is 0 Å². The first-order valence-electron chi connectivity index (χ1n) is 10.8. The summed E-state index contributed by atoms with van der Waals surface area (Å²) in [5.74, 6) is -1.38. The van der Waals surface area contributed by atoms with E-state index in [2.05, 4.69) is 0 Å². The first-order valence-corrected chi connectivity index (χ1v) is 10.8. The van der Waals surface area contributed by atoms with Gasteiger partial charge in [-0.15, -0.1) is 0 Å². The number of carbonyl (C=O) groups is 1. The van der Waals surface area contributed by atoms with E-state index in [-0.39, 0.29) is 36.3 Å². The van der Waals surface area contributed by atoms with Gasteiger partial charge in [0.15, 0.2) is 0 Å². The number of hydrogen-bond donors (Lipinski definition) is 5. The van der Waals surface area contributed by atoms with Crippen LogP contribution in [0, 0.1) is 23.7 Å². The second-order valence-corrected chi connectivity index (χ2v) is 10.6. The third kappa shape index (κ3) is 2.86. The van der Waals surface area contributed by atoms with Crippen molar-refractivity contribution in [3.8, 4) is 11.5 Å². The van der Waals surface area contributed by atoms with Crippen molar-refractivity contribution in [3.63, 3.8) is 0 Å². The number of aromatic hydroxyl groups is 1. The summed E-state index contributed by atoms with van der Waals surface area (Å²) in [6.07, 6.45) is -0.0744. The monoisotopic (exact) mass is 448 g/mol. The van der Waals surface area contributed by atoms with Gasteiger partial charge in [-0.3, -0.25) is 0 Å². The summed E-state index contributed by atoms with van der Waals surface area (Å²) in [7, 11) is 1.45. The maximum atomic E-state index is 12.8. The van der Waals surface area contributed by atoms with Crippen LogP contribution in [-0.2, 0) is 4.74 Å². The van der Waals surface area contributed by atoms with Crippen LogP contribution in [0.2, 0.25) is 0 Å². The van der Waals surface area contributed by atoms with Gasteiger partial charge in [-0.25, -0.2) is 4.79 Å². The predicted molar refractivity (Wildman–Crippen MR) is 114 cm³/mol. The number of phenols is 1. The maximum Gasteiger partial charge on any atom is 0.342 e. The van der Waals surface area contributed by atoms with Crippen molar-refractivity contribution in [2.75, 3.05) is 13.7 Å². The second-order valence-electron chi connectivity index (χ2n) is 10.6. The van der Waals surface area contributed by atoms with E-state index >= 15 is 0 Å². The first kappa shape index (κ1) is 23.0. The Kier molecular flexibility index (Phi) is 4.99. The lowest BCUT2D eigenvalue weighted by molar-refractivity contribution is -0.276. The Hall–Kier alpha value is -2.13. The van der Waals surface area contributed by atoms with Crippen molar-refractivity contribution in [1.29, 1.82) is 0 Å². The predicted octanol–water partition coefficient (Wildman–Crippen LogP) is 1.45. The van der Waals surface area contributed by atoms with Crippen molar-refractivity contribution in [3.05, 3.63) is 34.9 Å². The maximum absolute atomic E-state index is 12.8. The highest BCUT2D eigenvalue weighted by Gasteiger charge is 2.76. The first-order chi connectivity index (χ1) is 14.7. The average Bonchev–Trinajstić information content (AvgIpc) is 2.87. The van der Waals surface area contributed by atoms with Gasteiger partial charge in [0, 0.05) is 23.0 Å². The highest BCUT2D eigenvalue weighted by molar-refractivity contribution is 5.94. The SMILES string of the molecule is COc1cc(C)c(C(=O)OCC2=C[C@]3(O)CC(C)(C)[C@H](O)[C@@H]3[C@@]3(C)C[C@@H](O)[C@@]23O)c(O)c1. The van der Waals surface area contributed by atoms with E-state index in [1.807, 2.05) is 13.8 Å². The van der Waals surface area contributed by atoms with Crippen molar-refractivity contribution in [2.45, 2.75) is 63.9 Å². The molecule has 3 aliphatic rings. The highest BCUT2D eigenvalue weighted by Crippen LogP contribution is 2.69. The topological polar surface area (TPSA) is 137 Å². The average molecular weight is 449 g/mol. The van der Waals surface area contributed by atoms with Crippen molar-refractivity contribution in [2.24, 2.45) is 16.7 Å². The number of aryl methyl sites for hydroxylation is 1. The van der Waals surface area contributed by atoms with Gasteiger partial charge in [-0.2, -0.15) is 0 Å². The molecule has 0 unspecified atom stereocenters. The lowest BCUT2D eigenvalue weighted by Crippen LogP contribution is -2.75. The molecule has 0 bridgehead atoms. The fraction of sp³-hybridized carbons (Fsp3) is 0.625. The Labute approximate surface area is 187 Å². The fourth-order valence-electron chi connectivity index (χ4n) is 6.51. The molecule has 32 heavy (non-hydrogen) atoms. The number of ether oxygens (including phenoxy) is 2. The zero-order valence-electron chi connectivity index (χ0n) is 19.0. The van der Waals surface area contributed by atoms with E-state index < -0.39 is 46.1 Å². The number of aliphatic hydroxyl groups is 4. The quantitative estimate of drug-likeness (QED) is 0.345. The molecule has 4 rings (SSSR count). The van der Waals surface area contributed by atoms with Crippen LogP contribution in [-0.4, -0.2) is 68.6 Å². The van der Waals surface area contributed by atoms with E-state index in [4.69, 9.17) is 9.47 Å². The van der Waals surface area contributed by atoms with E-state index in [1.54, 1.807) is 19.9 Å². The van der Waals surface area contributed by atoms with Crippen LogP contribution in [0.25, 0.3) is 0 Å². The lowest BCUT2D eigenvalue weighted by atomic mass is 9.43. The Bertz CT molecular complexity index is 977. The summed E-state index contributed by atoms with van der Waals surface area (Å²) in [6.45, 7) is 6.71. The Morgan fingerprint density at radius 3 is 2.41 bits per heavy atom. The Morgan fingerprint density at radius 2 is 1.84 bits per heavy atom. The van der Waals surface area contributed by atoms with Crippen LogP contribution in [0.15, 0.2) is 23.8 Å². The molecular formula is C24H32O8. The number of phenolic OH excluding ortho intramolecular Hbond substituents is 1. The molecule has 3 aliphatic carbocycles. The zero-order valence-corrected chi connectivity index (χ0v) is 19.0. The normalized spacial score (nSPS) is 39.4. The van der Waals surface area contributed by atoms with Crippen molar-refractivity contribution < 1.29 is 39.8 Å². The summed E-state index contributed by atoms with van der Waals surface area (Å²) < 4.78 is 10.5. The number of hydrogen-bond acceptors (Lipinski definition) is 8. The van der Waals surface area contributed by atoms with E-state index in [0.717, 1.165) is 0 Å². The molecule has 0 aliphatic heterocycles. The molecule has 2 fully saturated rings. The molecule has 0 spiro atoms. The van der Waals surface area contributed by atoms with E-state index in [1.165, 1.54) is 19.3 Å². The Balaban J connectivity index is 1.66. The van der Waals surface area contributed by atoms with Crippen LogP contribution >= 0.6 is 0 Å². The number of rotatable bonds is 4. The Morgan fingerprint density at radius 1 is 1.19 bits per heavy atom. The van der Waals surface area contributed by atoms with Gasteiger partial charge in [-0.05, 0) is 42.9 Å². The van der Waals surface area contributed by atoms with Crippen LogP contribution in [0.4, 0.5) is 0 Å². The van der Waals surface area contributed by atoms with Crippen molar-refractivity contribution >= 4 is 5.97 Å². The minimum Gasteiger partial charge on any atom is -0.507 e. The summed E-state index contributed by atoms with van der Waals surface area (Å²) >= 11 is 0. The number of aliphatic hydroxyl groups excluding tert-OH is 2. The molecule has 176 valence electrons. The van der Waals surface area contributed by atoms with Gasteiger partial charge in [-0.1, -0.05) is 20.8 Å². The summed E-state index contributed by atoms with van der Waals surface area (Å²) in [4.78, 5) is 12.8. The minimum absolute atomic E-state index is 0.0277. The summed E-state index contributed by atoms with van der Waals surface area (Å²) in [5.41, 5.74) is -4.13. The molecule has 8 heteroatoms. The zero-order chi connectivity index (χ0) is 23.9. The minimum atomic E-state index is -1.75. The van der Waals surface area contributed by atoms with Gasteiger partial charge in [0.1, 0.15) is 29.3 Å². The third-order valence-corrected chi connectivity index (χ3v) is 8.05. The van der Waals surface area contributed by atoms with Crippen LogP contribution < -0.4 is 4.74 Å². The van der Waals surface area contributed by atoms with E-state index in [0.29, 0.717) is 11.3 Å². The standard InChI is InChI=1S/C24H32O8/c1-12-6-14(31-5)7-15(25)17(12)20(28)32-10-13-8-23(29)11-21(2,3)19(27)18(23)22(4)9-16(26)24(13,22)30/h6-8,16,18-19,25-27,29-30H,9-11H2,1-5H3/t16-,18-,19-,22-,23+,24+/m1/s1. The molecule has 8 nitrogen and oxygen atoms in total. The molecule has 0 heterocycles. The number of esters is 1.